The van der Waals surface area contributed by atoms with Crippen molar-refractivity contribution in [1.29, 1.82) is 5.41 Å². The van der Waals surface area contributed by atoms with Gasteiger partial charge in [-0.3, -0.25) is 10.2 Å². The Morgan fingerprint density at radius 3 is 2.27 bits per heavy atom. The number of fused-ring (bicyclic) bond motifs is 2. The molecule has 40 heavy (non-hydrogen) atoms. The van der Waals surface area contributed by atoms with Crippen LogP contribution in [0.2, 0.25) is 0 Å². The second kappa shape index (κ2) is 10.9. The van der Waals surface area contributed by atoms with Crippen LogP contribution in [0.25, 0.3) is 11.0 Å². The third kappa shape index (κ3) is 5.17. The number of carbonyl (C=O) groups excluding carboxylic acids is 1. The fraction of sp³-hybridized carbons (Fsp3) is 0.235. The number of hydrogen-bond donors (Lipinski definition) is 1. The number of Topliss-reactive ketones (excluding diaryl/α,β-unsaturated/α-hetero) is 1. The molecular formula is C34H33N5O. The molecule has 6 rings (SSSR count). The Kier molecular flexibility index (Phi) is 6.99. The van der Waals surface area contributed by atoms with Crippen molar-refractivity contribution in [2.24, 2.45) is 10.2 Å². The van der Waals surface area contributed by atoms with Crippen LogP contribution in [0.3, 0.4) is 0 Å². The van der Waals surface area contributed by atoms with Gasteiger partial charge >= 0.3 is 0 Å². The molecule has 0 fully saturated rings. The SMILES string of the molecule is Cc1ccc(C[C@@H](CCC(=O)c2ccc3c(c2)N=NC3)n2c(=N)n(Cc3ccc(C)cc3)c3ccccc32)cc1. The Hall–Kier alpha value is -4.58. The predicted octanol–water partition coefficient (Wildman–Crippen LogP) is 7.63. The van der Waals surface area contributed by atoms with Crippen LogP contribution in [0.1, 0.15) is 57.1 Å². The standard InChI is InChI=1S/C34H33N5O/c1-23-7-11-25(12-8-23)19-29(17-18-33(40)27-15-16-28-21-36-37-30(28)20-27)39-32-6-4-3-5-31(32)38(34(39)35)22-26-13-9-24(2)10-14-26/h3-16,20,29,35H,17-19,21-22H2,1-2H3/t29-/m1/s1. The van der Waals surface area contributed by atoms with Crippen molar-refractivity contribution >= 4 is 22.5 Å². The number of aryl methyl sites for hydroxylation is 2. The molecule has 5 aromatic rings. The van der Waals surface area contributed by atoms with Gasteiger partial charge in [-0.2, -0.15) is 10.2 Å². The lowest BCUT2D eigenvalue weighted by Gasteiger charge is -2.20. The maximum Gasteiger partial charge on any atom is 0.203 e. The first kappa shape index (κ1) is 25.7. The van der Waals surface area contributed by atoms with Gasteiger partial charge in [0, 0.05) is 23.6 Å². The lowest BCUT2D eigenvalue weighted by atomic mass is 9.97. The van der Waals surface area contributed by atoms with Crippen LogP contribution in [-0.2, 0) is 19.5 Å². The molecule has 1 aromatic heterocycles. The minimum atomic E-state index is -0.0579. The molecule has 0 saturated carbocycles. The normalized spacial score (nSPS) is 13.1. The van der Waals surface area contributed by atoms with E-state index in [1.807, 2.05) is 30.3 Å². The average molecular weight is 528 g/mol. The first-order chi connectivity index (χ1) is 19.5. The third-order valence-electron chi connectivity index (χ3n) is 7.87. The Bertz CT molecular complexity index is 1770. The zero-order valence-electron chi connectivity index (χ0n) is 23.0. The fourth-order valence-electron chi connectivity index (χ4n) is 5.57. The molecule has 6 heteroatoms. The van der Waals surface area contributed by atoms with Crippen molar-refractivity contribution in [3.63, 3.8) is 0 Å². The van der Waals surface area contributed by atoms with Gasteiger partial charge < -0.3 is 9.13 Å². The summed E-state index contributed by atoms with van der Waals surface area (Å²) >= 11 is 0. The number of aromatic nitrogens is 2. The van der Waals surface area contributed by atoms with Crippen molar-refractivity contribution in [3.05, 3.63) is 130 Å². The minimum Gasteiger partial charge on any atom is -0.307 e. The van der Waals surface area contributed by atoms with Gasteiger partial charge in [0.2, 0.25) is 5.62 Å². The van der Waals surface area contributed by atoms with E-state index >= 15 is 0 Å². The van der Waals surface area contributed by atoms with Gasteiger partial charge in [0.1, 0.15) is 0 Å². The van der Waals surface area contributed by atoms with E-state index in [2.05, 4.69) is 93.9 Å². The van der Waals surface area contributed by atoms with Gasteiger partial charge in [0.05, 0.1) is 29.8 Å². The van der Waals surface area contributed by atoms with Crippen molar-refractivity contribution in [2.75, 3.05) is 0 Å². The molecule has 0 radical (unpaired) electrons. The average Bonchev–Trinajstić information content (AvgIpc) is 3.55. The number of azo groups is 1. The molecule has 200 valence electrons. The molecule has 1 atom stereocenters. The largest absolute Gasteiger partial charge is 0.307 e. The number of rotatable bonds is 9. The van der Waals surface area contributed by atoms with Crippen LogP contribution in [0.5, 0.6) is 0 Å². The molecule has 4 aromatic carbocycles. The third-order valence-corrected chi connectivity index (χ3v) is 7.87. The van der Waals surface area contributed by atoms with Crippen molar-refractivity contribution in [1.82, 2.24) is 9.13 Å². The van der Waals surface area contributed by atoms with Gasteiger partial charge in [-0.1, -0.05) is 83.9 Å². The summed E-state index contributed by atoms with van der Waals surface area (Å²) < 4.78 is 4.21. The first-order valence-electron chi connectivity index (χ1n) is 13.9. The number of hydrogen-bond acceptors (Lipinski definition) is 4. The number of ketones is 1. The summed E-state index contributed by atoms with van der Waals surface area (Å²) in [6.07, 6.45) is 1.75. The van der Waals surface area contributed by atoms with E-state index in [0.29, 0.717) is 37.1 Å². The van der Waals surface area contributed by atoms with Crippen LogP contribution >= 0.6 is 0 Å². The topological polar surface area (TPSA) is 75.5 Å². The molecule has 6 nitrogen and oxygen atoms in total. The molecule has 1 aliphatic heterocycles. The van der Waals surface area contributed by atoms with Crippen LogP contribution in [0.15, 0.2) is 101 Å². The number of benzene rings is 4. The summed E-state index contributed by atoms with van der Waals surface area (Å²) in [5, 5.41) is 17.6. The number of para-hydroxylation sites is 2. The van der Waals surface area contributed by atoms with E-state index in [1.54, 1.807) is 0 Å². The zero-order chi connectivity index (χ0) is 27.6. The van der Waals surface area contributed by atoms with Gasteiger partial charge in [-0.05, 0) is 56.0 Å². The van der Waals surface area contributed by atoms with E-state index in [-0.39, 0.29) is 11.8 Å². The molecule has 0 unspecified atom stereocenters. The number of imidazole rings is 1. The lowest BCUT2D eigenvalue weighted by Crippen LogP contribution is -2.29. The molecule has 1 N–H and O–H groups in total. The van der Waals surface area contributed by atoms with Gasteiger partial charge in [0.15, 0.2) is 5.78 Å². The second-order valence-electron chi connectivity index (χ2n) is 10.8. The summed E-state index contributed by atoms with van der Waals surface area (Å²) in [7, 11) is 0. The number of carbonyl (C=O) groups is 1. The monoisotopic (exact) mass is 527 g/mol. The van der Waals surface area contributed by atoms with E-state index < -0.39 is 0 Å². The first-order valence-corrected chi connectivity index (χ1v) is 13.9. The molecular weight excluding hydrogens is 494 g/mol. The van der Waals surface area contributed by atoms with E-state index in [1.165, 1.54) is 16.7 Å². The molecule has 0 bridgehead atoms. The highest BCUT2D eigenvalue weighted by Crippen LogP contribution is 2.30. The van der Waals surface area contributed by atoms with Crippen LogP contribution in [-0.4, -0.2) is 14.9 Å². The van der Waals surface area contributed by atoms with E-state index in [4.69, 9.17) is 0 Å². The zero-order valence-corrected chi connectivity index (χ0v) is 23.0. The second-order valence-corrected chi connectivity index (χ2v) is 10.8. The van der Waals surface area contributed by atoms with Crippen LogP contribution in [0.4, 0.5) is 5.69 Å². The van der Waals surface area contributed by atoms with Crippen LogP contribution < -0.4 is 5.62 Å². The van der Waals surface area contributed by atoms with Crippen molar-refractivity contribution in [2.45, 2.75) is 52.2 Å². The van der Waals surface area contributed by atoms with Gasteiger partial charge in [0.25, 0.3) is 0 Å². The van der Waals surface area contributed by atoms with Crippen molar-refractivity contribution < 1.29 is 4.79 Å². The quantitative estimate of drug-likeness (QED) is 0.197. The highest BCUT2D eigenvalue weighted by molar-refractivity contribution is 5.97. The summed E-state index contributed by atoms with van der Waals surface area (Å²) in [6, 6.07) is 31.0. The highest BCUT2D eigenvalue weighted by Gasteiger charge is 2.22. The number of nitrogens with one attached hydrogen (secondary N) is 1. The maximum absolute atomic E-state index is 13.4. The lowest BCUT2D eigenvalue weighted by molar-refractivity contribution is 0.0974. The number of nitrogens with zero attached hydrogens (tertiary/aromatic N) is 4. The Balaban J connectivity index is 1.36. The Labute approximate surface area is 234 Å². The molecule has 0 saturated heterocycles. The minimum absolute atomic E-state index is 0.0579. The molecule has 0 amide bonds. The molecule has 0 aliphatic carbocycles. The summed E-state index contributed by atoms with van der Waals surface area (Å²) in [4.78, 5) is 13.4. The molecule has 0 spiro atoms. The smallest absolute Gasteiger partial charge is 0.203 e. The molecule has 2 heterocycles. The van der Waals surface area contributed by atoms with Crippen molar-refractivity contribution in [3.8, 4) is 0 Å². The van der Waals surface area contributed by atoms with Crippen LogP contribution in [0, 0.1) is 19.3 Å². The van der Waals surface area contributed by atoms with Gasteiger partial charge in [-0.25, -0.2) is 0 Å². The molecule has 1 aliphatic rings. The van der Waals surface area contributed by atoms with Gasteiger partial charge in [-0.15, -0.1) is 0 Å². The summed E-state index contributed by atoms with van der Waals surface area (Å²) in [5.74, 6) is 0.0920. The predicted molar refractivity (Wildman–Crippen MR) is 158 cm³/mol. The summed E-state index contributed by atoms with van der Waals surface area (Å²) in [6.45, 7) is 5.37. The fourth-order valence-corrected chi connectivity index (χ4v) is 5.57. The Morgan fingerprint density at radius 2 is 1.55 bits per heavy atom. The Morgan fingerprint density at radius 1 is 0.875 bits per heavy atom. The summed E-state index contributed by atoms with van der Waals surface area (Å²) in [5.41, 5.74) is 9.81. The van der Waals surface area contributed by atoms with E-state index in [0.717, 1.165) is 34.3 Å². The highest BCUT2D eigenvalue weighted by atomic mass is 16.1. The maximum atomic E-state index is 13.4. The van der Waals surface area contributed by atoms with E-state index in [9.17, 15) is 10.2 Å².